The summed E-state index contributed by atoms with van der Waals surface area (Å²) in [6.45, 7) is 3.71. The molecule has 1 aromatic rings. The van der Waals surface area contributed by atoms with E-state index in [-0.39, 0.29) is 24.1 Å². The summed E-state index contributed by atoms with van der Waals surface area (Å²) in [4.78, 5) is 0.119. The van der Waals surface area contributed by atoms with Crippen LogP contribution in [0.3, 0.4) is 0 Å². The Kier molecular flexibility index (Phi) is 6.44. The molecular weight excluding hydrogens is 292 g/mol. The van der Waals surface area contributed by atoms with Gasteiger partial charge in [0.1, 0.15) is 5.75 Å². The number of anilines is 1. The maximum absolute atomic E-state index is 12.8. The fraction of sp³-hybridized carbons (Fsp3) is 0.571. The Labute approximate surface area is 126 Å². The molecule has 7 heteroatoms. The molecule has 0 heterocycles. The third kappa shape index (κ3) is 3.87. The smallest absolute Gasteiger partial charge is 0.243 e. The van der Waals surface area contributed by atoms with Crippen LogP contribution in [-0.4, -0.2) is 44.1 Å². The first-order valence-electron chi connectivity index (χ1n) is 6.98. The van der Waals surface area contributed by atoms with Crippen LogP contribution in [0.5, 0.6) is 5.75 Å². The summed E-state index contributed by atoms with van der Waals surface area (Å²) in [5.74, 6) is 0.324. The Bertz CT molecular complexity index is 556. The van der Waals surface area contributed by atoms with Gasteiger partial charge in [0.25, 0.3) is 0 Å². The minimum Gasteiger partial charge on any atom is -0.495 e. The normalized spacial score (nSPS) is 12.1. The van der Waals surface area contributed by atoms with Crippen LogP contribution >= 0.6 is 0 Å². The first kappa shape index (κ1) is 17.7. The summed E-state index contributed by atoms with van der Waals surface area (Å²) in [5.41, 5.74) is 6.10. The zero-order chi connectivity index (χ0) is 16.0. The largest absolute Gasteiger partial charge is 0.495 e. The van der Waals surface area contributed by atoms with Crippen molar-refractivity contribution >= 4 is 15.7 Å². The lowest BCUT2D eigenvalue weighted by Gasteiger charge is -2.29. The molecule has 0 aliphatic heterocycles. The SMILES string of the molecule is CCC(CC)N(CCO)S(=O)(=O)c1ccc(N)c(OC)c1. The van der Waals surface area contributed by atoms with Gasteiger partial charge in [0.2, 0.25) is 10.0 Å². The van der Waals surface area contributed by atoms with Gasteiger partial charge in [-0.1, -0.05) is 13.8 Å². The minimum absolute atomic E-state index is 0.0708. The summed E-state index contributed by atoms with van der Waals surface area (Å²) in [5, 5.41) is 9.18. The molecule has 0 unspecified atom stereocenters. The second kappa shape index (κ2) is 7.63. The van der Waals surface area contributed by atoms with Crippen molar-refractivity contribution in [3.8, 4) is 5.75 Å². The van der Waals surface area contributed by atoms with E-state index in [1.165, 1.54) is 29.6 Å². The summed E-state index contributed by atoms with van der Waals surface area (Å²) >= 11 is 0. The number of ether oxygens (including phenoxy) is 1. The molecule has 0 aliphatic carbocycles. The van der Waals surface area contributed by atoms with Crippen LogP contribution in [0.15, 0.2) is 23.1 Å². The van der Waals surface area contributed by atoms with Gasteiger partial charge < -0.3 is 15.6 Å². The maximum atomic E-state index is 12.8. The van der Waals surface area contributed by atoms with Gasteiger partial charge in [0.05, 0.1) is 24.3 Å². The average molecular weight is 316 g/mol. The molecule has 21 heavy (non-hydrogen) atoms. The van der Waals surface area contributed by atoms with Crippen LogP contribution in [-0.2, 0) is 10.0 Å². The second-order valence-corrected chi connectivity index (χ2v) is 6.60. The van der Waals surface area contributed by atoms with Gasteiger partial charge in [-0.15, -0.1) is 0 Å². The van der Waals surface area contributed by atoms with E-state index in [2.05, 4.69) is 0 Å². The molecule has 0 fully saturated rings. The molecule has 0 aromatic heterocycles. The first-order valence-corrected chi connectivity index (χ1v) is 8.42. The van der Waals surface area contributed by atoms with E-state index in [4.69, 9.17) is 10.5 Å². The number of rotatable bonds is 8. The van der Waals surface area contributed by atoms with E-state index in [1.807, 2.05) is 13.8 Å². The topological polar surface area (TPSA) is 92.9 Å². The third-order valence-electron chi connectivity index (χ3n) is 3.48. The van der Waals surface area contributed by atoms with Crippen molar-refractivity contribution in [2.75, 3.05) is 26.0 Å². The van der Waals surface area contributed by atoms with E-state index < -0.39 is 10.0 Å². The highest BCUT2D eigenvalue weighted by Crippen LogP contribution is 2.28. The van der Waals surface area contributed by atoms with Crippen LogP contribution < -0.4 is 10.5 Å². The van der Waals surface area contributed by atoms with Crippen molar-refractivity contribution in [1.82, 2.24) is 4.31 Å². The molecule has 120 valence electrons. The number of nitrogen functional groups attached to an aromatic ring is 1. The summed E-state index contributed by atoms with van der Waals surface area (Å²) in [6.07, 6.45) is 1.36. The molecule has 0 saturated carbocycles. The molecule has 6 nitrogen and oxygen atoms in total. The van der Waals surface area contributed by atoms with Crippen LogP contribution in [0.4, 0.5) is 5.69 Å². The van der Waals surface area contributed by atoms with Gasteiger partial charge in [-0.2, -0.15) is 4.31 Å². The number of sulfonamides is 1. The minimum atomic E-state index is -3.70. The Morgan fingerprint density at radius 3 is 2.43 bits per heavy atom. The Morgan fingerprint density at radius 2 is 1.95 bits per heavy atom. The van der Waals surface area contributed by atoms with Gasteiger partial charge in [0.15, 0.2) is 0 Å². The van der Waals surface area contributed by atoms with Crippen molar-refractivity contribution in [1.29, 1.82) is 0 Å². The molecule has 1 rings (SSSR count). The molecule has 1 aromatic carbocycles. The van der Waals surface area contributed by atoms with Crippen LogP contribution in [0.2, 0.25) is 0 Å². The van der Waals surface area contributed by atoms with Crippen LogP contribution in [0.25, 0.3) is 0 Å². The number of hydrogen-bond acceptors (Lipinski definition) is 5. The fourth-order valence-corrected chi connectivity index (χ4v) is 4.06. The summed E-state index contributed by atoms with van der Waals surface area (Å²) < 4.78 is 32.0. The lowest BCUT2D eigenvalue weighted by atomic mass is 10.2. The highest BCUT2D eigenvalue weighted by Gasteiger charge is 2.29. The quantitative estimate of drug-likeness (QED) is 0.708. The lowest BCUT2D eigenvalue weighted by molar-refractivity contribution is 0.219. The number of nitrogens with zero attached hydrogens (tertiary/aromatic N) is 1. The zero-order valence-corrected chi connectivity index (χ0v) is 13.6. The van der Waals surface area contributed by atoms with Crippen molar-refractivity contribution in [3.05, 3.63) is 18.2 Å². The average Bonchev–Trinajstić information content (AvgIpc) is 2.47. The van der Waals surface area contributed by atoms with Crippen molar-refractivity contribution < 1.29 is 18.3 Å². The molecule has 0 spiro atoms. The third-order valence-corrected chi connectivity index (χ3v) is 5.43. The number of nitrogens with two attached hydrogens (primary N) is 1. The molecular formula is C14H24N2O4S. The van der Waals surface area contributed by atoms with Crippen molar-refractivity contribution in [3.63, 3.8) is 0 Å². The molecule has 0 saturated heterocycles. The van der Waals surface area contributed by atoms with Crippen LogP contribution in [0, 0.1) is 0 Å². The number of aliphatic hydroxyl groups excluding tert-OH is 1. The molecule has 0 bridgehead atoms. The number of benzene rings is 1. The van der Waals surface area contributed by atoms with Gasteiger partial charge in [-0.05, 0) is 25.0 Å². The first-order chi connectivity index (χ1) is 9.92. The van der Waals surface area contributed by atoms with E-state index in [0.717, 1.165) is 0 Å². The van der Waals surface area contributed by atoms with Crippen LogP contribution in [0.1, 0.15) is 26.7 Å². The van der Waals surface area contributed by atoms with Gasteiger partial charge >= 0.3 is 0 Å². The van der Waals surface area contributed by atoms with E-state index >= 15 is 0 Å². The monoisotopic (exact) mass is 316 g/mol. The van der Waals surface area contributed by atoms with Crippen molar-refractivity contribution in [2.24, 2.45) is 0 Å². The fourth-order valence-electron chi connectivity index (χ4n) is 2.28. The molecule has 0 atom stereocenters. The second-order valence-electron chi connectivity index (χ2n) is 4.71. The highest BCUT2D eigenvalue weighted by molar-refractivity contribution is 7.89. The number of hydrogen-bond donors (Lipinski definition) is 2. The maximum Gasteiger partial charge on any atom is 0.243 e. The van der Waals surface area contributed by atoms with Crippen molar-refractivity contribution in [2.45, 2.75) is 37.6 Å². The number of aliphatic hydroxyl groups is 1. The predicted molar refractivity (Wildman–Crippen MR) is 82.8 cm³/mol. The van der Waals surface area contributed by atoms with E-state index in [0.29, 0.717) is 24.3 Å². The number of methoxy groups -OCH3 is 1. The summed E-state index contributed by atoms with van der Waals surface area (Å²) in [7, 11) is -2.26. The summed E-state index contributed by atoms with van der Waals surface area (Å²) in [6, 6.07) is 4.23. The Morgan fingerprint density at radius 1 is 1.33 bits per heavy atom. The molecule has 0 radical (unpaired) electrons. The molecule has 3 N–H and O–H groups in total. The Balaban J connectivity index is 3.28. The molecule has 0 amide bonds. The van der Waals surface area contributed by atoms with Gasteiger partial charge in [-0.25, -0.2) is 8.42 Å². The van der Waals surface area contributed by atoms with E-state index in [1.54, 1.807) is 0 Å². The van der Waals surface area contributed by atoms with Gasteiger partial charge in [0, 0.05) is 18.7 Å². The van der Waals surface area contributed by atoms with E-state index in [9.17, 15) is 13.5 Å². The zero-order valence-electron chi connectivity index (χ0n) is 12.7. The molecule has 0 aliphatic rings. The lowest BCUT2D eigenvalue weighted by Crippen LogP contribution is -2.41. The predicted octanol–water partition coefficient (Wildman–Crippen LogP) is 1.45. The van der Waals surface area contributed by atoms with Gasteiger partial charge in [-0.3, -0.25) is 0 Å². The Hall–Kier alpha value is -1.31. The standard InChI is InChI=1S/C14H24N2O4S/c1-4-11(5-2)16(8-9-17)21(18,19)12-6-7-13(15)14(10-12)20-3/h6-7,10-11,17H,4-5,8-9,15H2,1-3H3. The highest BCUT2D eigenvalue weighted by atomic mass is 32.2.